The lowest BCUT2D eigenvalue weighted by molar-refractivity contribution is -0.136. The van der Waals surface area contributed by atoms with Crippen LogP contribution in [0.4, 0.5) is 0 Å². The van der Waals surface area contributed by atoms with Gasteiger partial charge in [-0.2, -0.15) is 0 Å². The first-order valence-electron chi connectivity index (χ1n) is 6.52. The van der Waals surface area contributed by atoms with E-state index >= 15 is 0 Å². The Kier molecular flexibility index (Phi) is 6.09. The predicted octanol–water partition coefficient (Wildman–Crippen LogP) is 1.03. The molecule has 1 fully saturated rings. The Labute approximate surface area is 110 Å². The molecular formula is C14H24N2O2. The molecule has 0 saturated carbocycles. The third-order valence-electron chi connectivity index (χ3n) is 3.41. The van der Waals surface area contributed by atoms with Gasteiger partial charge < -0.3 is 10.0 Å². The molecule has 4 heteroatoms. The first kappa shape index (κ1) is 14.9. The summed E-state index contributed by atoms with van der Waals surface area (Å²) in [5.41, 5.74) is 0. The zero-order valence-electron chi connectivity index (χ0n) is 11.2. The van der Waals surface area contributed by atoms with Crippen LogP contribution in [-0.2, 0) is 4.79 Å². The normalized spacial score (nSPS) is 19.2. The SMILES string of the molecule is C=CCN(CC=C)C(=O)C(C)N1CCC(O)CC1. The number of rotatable bonds is 6. The van der Waals surface area contributed by atoms with E-state index in [4.69, 9.17) is 0 Å². The van der Waals surface area contributed by atoms with Crippen molar-refractivity contribution in [3.8, 4) is 0 Å². The van der Waals surface area contributed by atoms with Crippen molar-refractivity contribution in [3.63, 3.8) is 0 Å². The number of carbonyl (C=O) groups is 1. The van der Waals surface area contributed by atoms with E-state index in [1.807, 2.05) is 6.92 Å². The van der Waals surface area contributed by atoms with Gasteiger partial charge in [0.15, 0.2) is 0 Å². The molecule has 1 amide bonds. The van der Waals surface area contributed by atoms with Gasteiger partial charge in [0.2, 0.25) is 5.91 Å². The molecule has 0 radical (unpaired) electrons. The van der Waals surface area contributed by atoms with Gasteiger partial charge in [-0.25, -0.2) is 0 Å². The third-order valence-corrected chi connectivity index (χ3v) is 3.41. The fourth-order valence-electron chi connectivity index (χ4n) is 2.26. The zero-order chi connectivity index (χ0) is 13.5. The minimum Gasteiger partial charge on any atom is -0.393 e. The second-order valence-corrected chi connectivity index (χ2v) is 4.76. The largest absolute Gasteiger partial charge is 0.393 e. The zero-order valence-corrected chi connectivity index (χ0v) is 11.2. The Morgan fingerprint density at radius 1 is 1.39 bits per heavy atom. The van der Waals surface area contributed by atoms with Crippen LogP contribution in [0.1, 0.15) is 19.8 Å². The Balaban J connectivity index is 2.57. The lowest BCUT2D eigenvalue weighted by Crippen LogP contribution is -2.50. The monoisotopic (exact) mass is 252 g/mol. The molecule has 4 nitrogen and oxygen atoms in total. The smallest absolute Gasteiger partial charge is 0.240 e. The van der Waals surface area contributed by atoms with Gasteiger partial charge in [-0.05, 0) is 19.8 Å². The lowest BCUT2D eigenvalue weighted by atomic mass is 10.1. The molecule has 0 aromatic carbocycles. The Bertz CT molecular complexity index is 286. The number of piperidine rings is 1. The summed E-state index contributed by atoms with van der Waals surface area (Å²) in [7, 11) is 0. The van der Waals surface area contributed by atoms with E-state index < -0.39 is 0 Å². The van der Waals surface area contributed by atoms with Gasteiger partial charge in [-0.3, -0.25) is 9.69 Å². The van der Waals surface area contributed by atoms with Gasteiger partial charge >= 0.3 is 0 Å². The molecule has 1 unspecified atom stereocenters. The van der Waals surface area contributed by atoms with E-state index in [0.29, 0.717) is 13.1 Å². The highest BCUT2D eigenvalue weighted by atomic mass is 16.3. The van der Waals surface area contributed by atoms with Crippen molar-refractivity contribution in [1.29, 1.82) is 0 Å². The average Bonchev–Trinajstić information content (AvgIpc) is 2.38. The van der Waals surface area contributed by atoms with E-state index in [0.717, 1.165) is 25.9 Å². The second-order valence-electron chi connectivity index (χ2n) is 4.76. The topological polar surface area (TPSA) is 43.8 Å². The van der Waals surface area contributed by atoms with E-state index in [1.54, 1.807) is 17.1 Å². The van der Waals surface area contributed by atoms with Crippen molar-refractivity contribution in [1.82, 2.24) is 9.80 Å². The van der Waals surface area contributed by atoms with Crippen molar-refractivity contribution in [3.05, 3.63) is 25.3 Å². The highest BCUT2D eigenvalue weighted by Gasteiger charge is 2.27. The quantitative estimate of drug-likeness (QED) is 0.718. The van der Waals surface area contributed by atoms with Gasteiger partial charge in [-0.1, -0.05) is 12.2 Å². The summed E-state index contributed by atoms with van der Waals surface area (Å²) >= 11 is 0. The molecular weight excluding hydrogens is 228 g/mol. The van der Waals surface area contributed by atoms with Gasteiger partial charge in [0.05, 0.1) is 12.1 Å². The highest BCUT2D eigenvalue weighted by Crippen LogP contribution is 2.14. The Morgan fingerprint density at radius 2 is 1.89 bits per heavy atom. The molecule has 1 aliphatic heterocycles. The van der Waals surface area contributed by atoms with Crippen LogP contribution in [0.5, 0.6) is 0 Å². The minimum absolute atomic E-state index is 0.103. The van der Waals surface area contributed by atoms with Crippen molar-refractivity contribution < 1.29 is 9.90 Å². The fraction of sp³-hybridized carbons (Fsp3) is 0.643. The number of nitrogens with zero attached hydrogens (tertiary/aromatic N) is 2. The molecule has 0 aromatic rings. The summed E-state index contributed by atoms with van der Waals surface area (Å²) in [6.07, 6.45) is 4.75. The molecule has 1 aliphatic rings. The first-order valence-corrected chi connectivity index (χ1v) is 6.52. The van der Waals surface area contributed by atoms with Crippen LogP contribution in [0, 0.1) is 0 Å². The number of hydrogen-bond donors (Lipinski definition) is 1. The minimum atomic E-state index is -0.207. The number of aliphatic hydroxyl groups is 1. The number of hydrogen-bond acceptors (Lipinski definition) is 3. The molecule has 1 atom stereocenters. The summed E-state index contributed by atoms with van der Waals surface area (Å²) in [6.45, 7) is 11.9. The van der Waals surface area contributed by atoms with E-state index in [9.17, 15) is 9.90 Å². The van der Waals surface area contributed by atoms with Gasteiger partial charge in [0.1, 0.15) is 0 Å². The van der Waals surface area contributed by atoms with Crippen LogP contribution >= 0.6 is 0 Å². The van der Waals surface area contributed by atoms with Crippen molar-refractivity contribution in [2.75, 3.05) is 26.2 Å². The van der Waals surface area contributed by atoms with Crippen molar-refractivity contribution in [2.45, 2.75) is 31.9 Å². The van der Waals surface area contributed by atoms with Crippen LogP contribution in [0.15, 0.2) is 25.3 Å². The first-order chi connectivity index (χ1) is 8.60. The van der Waals surface area contributed by atoms with E-state index in [-0.39, 0.29) is 18.1 Å². The summed E-state index contributed by atoms with van der Waals surface area (Å²) in [5, 5.41) is 9.48. The lowest BCUT2D eigenvalue weighted by Gasteiger charge is -2.35. The molecule has 18 heavy (non-hydrogen) atoms. The molecule has 1 N–H and O–H groups in total. The highest BCUT2D eigenvalue weighted by molar-refractivity contribution is 5.81. The van der Waals surface area contributed by atoms with Crippen molar-refractivity contribution in [2.24, 2.45) is 0 Å². The Hall–Kier alpha value is -1.13. The maximum atomic E-state index is 12.3. The Morgan fingerprint density at radius 3 is 2.33 bits per heavy atom. The third kappa shape index (κ3) is 3.96. The van der Waals surface area contributed by atoms with Gasteiger partial charge in [0.25, 0.3) is 0 Å². The molecule has 1 heterocycles. The summed E-state index contributed by atoms with van der Waals surface area (Å²) in [5.74, 6) is 0.103. The number of aliphatic hydroxyl groups excluding tert-OH is 1. The van der Waals surface area contributed by atoms with E-state index in [2.05, 4.69) is 18.1 Å². The molecule has 102 valence electrons. The molecule has 0 aliphatic carbocycles. The van der Waals surface area contributed by atoms with Crippen LogP contribution in [0.25, 0.3) is 0 Å². The van der Waals surface area contributed by atoms with Crippen LogP contribution in [-0.4, -0.2) is 59.1 Å². The number of carbonyl (C=O) groups excluding carboxylic acids is 1. The average molecular weight is 252 g/mol. The molecule has 0 aromatic heterocycles. The standard InChI is InChI=1S/C14H24N2O2/c1-4-8-16(9-5-2)14(18)12(3)15-10-6-13(17)7-11-15/h4-5,12-13,17H,1-2,6-11H2,3H3. The summed E-state index contributed by atoms with van der Waals surface area (Å²) in [4.78, 5) is 16.2. The van der Waals surface area contributed by atoms with Crippen LogP contribution < -0.4 is 0 Å². The fourth-order valence-corrected chi connectivity index (χ4v) is 2.26. The van der Waals surface area contributed by atoms with Crippen LogP contribution in [0.2, 0.25) is 0 Å². The van der Waals surface area contributed by atoms with Crippen molar-refractivity contribution >= 4 is 5.91 Å². The van der Waals surface area contributed by atoms with Crippen LogP contribution in [0.3, 0.4) is 0 Å². The second kappa shape index (κ2) is 7.34. The number of amides is 1. The summed E-state index contributed by atoms with van der Waals surface area (Å²) < 4.78 is 0. The molecule has 1 rings (SSSR count). The maximum Gasteiger partial charge on any atom is 0.240 e. The molecule has 1 saturated heterocycles. The van der Waals surface area contributed by atoms with E-state index in [1.165, 1.54) is 0 Å². The maximum absolute atomic E-state index is 12.3. The molecule has 0 spiro atoms. The number of likely N-dealkylation sites (tertiary alicyclic amines) is 1. The molecule has 0 bridgehead atoms. The van der Waals surface area contributed by atoms with Gasteiger partial charge in [0, 0.05) is 26.2 Å². The summed E-state index contributed by atoms with van der Waals surface area (Å²) in [6, 6.07) is -0.141. The predicted molar refractivity (Wildman–Crippen MR) is 73.2 cm³/mol. The van der Waals surface area contributed by atoms with Gasteiger partial charge in [-0.15, -0.1) is 13.2 Å².